The lowest BCUT2D eigenvalue weighted by Gasteiger charge is -2.35. The zero-order valence-electron chi connectivity index (χ0n) is 10.2. The Labute approximate surface area is 105 Å². The number of pyridine rings is 1. The summed E-state index contributed by atoms with van der Waals surface area (Å²) >= 11 is 0. The number of hydrogen-bond acceptors (Lipinski definition) is 3. The van der Waals surface area contributed by atoms with E-state index in [0.717, 1.165) is 31.6 Å². The molecular formula is C13H17F2N3. The maximum Gasteiger partial charge on any atom is 0.168 e. The first-order valence-electron chi connectivity index (χ1n) is 6.54. The molecule has 0 saturated carbocycles. The molecule has 0 radical (unpaired) electrons. The van der Waals surface area contributed by atoms with Crippen molar-refractivity contribution >= 4 is 5.82 Å². The molecule has 2 atom stereocenters. The Morgan fingerprint density at radius 2 is 2.17 bits per heavy atom. The average molecular weight is 253 g/mol. The van der Waals surface area contributed by atoms with Crippen molar-refractivity contribution in [1.29, 1.82) is 0 Å². The summed E-state index contributed by atoms with van der Waals surface area (Å²) in [5.41, 5.74) is 0. The topological polar surface area (TPSA) is 28.2 Å². The van der Waals surface area contributed by atoms with Crippen molar-refractivity contribution in [3.8, 4) is 0 Å². The summed E-state index contributed by atoms with van der Waals surface area (Å²) in [6, 6.07) is 1.75. The van der Waals surface area contributed by atoms with Gasteiger partial charge in [0.25, 0.3) is 0 Å². The smallest absolute Gasteiger partial charge is 0.168 e. The molecule has 0 amide bonds. The second-order valence-corrected chi connectivity index (χ2v) is 5.18. The van der Waals surface area contributed by atoms with Gasteiger partial charge >= 0.3 is 0 Å². The highest BCUT2D eigenvalue weighted by molar-refractivity contribution is 5.37. The van der Waals surface area contributed by atoms with E-state index in [1.54, 1.807) is 0 Å². The number of piperidine rings is 1. The van der Waals surface area contributed by atoms with Crippen LogP contribution in [0.25, 0.3) is 0 Å². The van der Waals surface area contributed by atoms with Crippen molar-refractivity contribution < 1.29 is 8.78 Å². The van der Waals surface area contributed by atoms with Gasteiger partial charge in [-0.05, 0) is 32.2 Å². The summed E-state index contributed by atoms with van der Waals surface area (Å²) in [5.74, 6) is -1.07. The molecule has 1 aromatic rings. The molecule has 2 fully saturated rings. The van der Waals surface area contributed by atoms with Gasteiger partial charge < -0.3 is 10.2 Å². The Kier molecular flexibility index (Phi) is 3.16. The van der Waals surface area contributed by atoms with Crippen molar-refractivity contribution in [2.24, 2.45) is 0 Å². The summed E-state index contributed by atoms with van der Waals surface area (Å²) in [4.78, 5) is 6.29. The molecule has 0 aromatic carbocycles. The fourth-order valence-corrected chi connectivity index (χ4v) is 3.07. The normalized spacial score (nSPS) is 28.1. The third-order valence-corrected chi connectivity index (χ3v) is 3.97. The predicted molar refractivity (Wildman–Crippen MR) is 65.4 cm³/mol. The second-order valence-electron chi connectivity index (χ2n) is 5.18. The minimum Gasteiger partial charge on any atom is -0.365 e. The Morgan fingerprint density at radius 3 is 3.00 bits per heavy atom. The first-order chi connectivity index (χ1) is 8.72. The van der Waals surface area contributed by atoms with E-state index in [4.69, 9.17) is 0 Å². The van der Waals surface area contributed by atoms with Crippen LogP contribution in [0.3, 0.4) is 0 Å². The maximum absolute atomic E-state index is 13.5. The van der Waals surface area contributed by atoms with E-state index in [2.05, 4.69) is 15.2 Å². The standard InChI is InChI=1S/C13H17F2N3/c14-9-6-12(15)13(16-8-9)17-10-3-5-18-4-1-2-11(18)7-10/h6,8,10-11H,1-5,7H2,(H,16,17). The van der Waals surface area contributed by atoms with E-state index < -0.39 is 11.6 Å². The SMILES string of the molecule is Fc1cnc(NC2CCN3CCCC3C2)c(F)c1. The van der Waals surface area contributed by atoms with Crippen molar-refractivity contribution in [3.63, 3.8) is 0 Å². The van der Waals surface area contributed by atoms with Crippen molar-refractivity contribution in [1.82, 2.24) is 9.88 Å². The van der Waals surface area contributed by atoms with Crippen LogP contribution in [0.2, 0.25) is 0 Å². The van der Waals surface area contributed by atoms with Gasteiger partial charge in [0.1, 0.15) is 5.82 Å². The predicted octanol–water partition coefficient (Wildman–Crippen LogP) is 2.40. The molecule has 98 valence electrons. The molecule has 3 nitrogen and oxygen atoms in total. The molecular weight excluding hydrogens is 236 g/mol. The van der Waals surface area contributed by atoms with Crippen LogP contribution in [-0.4, -0.2) is 35.1 Å². The highest BCUT2D eigenvalue weighted by Gasteiger charge is 2.31. The van der Waals surface area contributed by atoms with Crippen LogP contribution in [0.15, 0.2) is 12.3 Å². The molecule has 0 bridgehead atoms. The lowest BCUT2D eigenvalue weighted by molar-refractivity contribution is 0.188. The average Bonchev–Trinajstić information content (AvgIpc) is 2.80. The minimum atomic E-state index is -0.635. The number of halogens is 2. The van der Waals surface area contributed by atoms with Crippen LogP contribution in [0.4, 0.5) is 14.6 Å². The van der Waals surface area contributed by atoms with Gasteiger partial charge in [0, 0.05) is 24.7 Å². The van der Waals surface area contributed by atoms with E-state index in [1.165, 1.54) is 19.4 Å². The zero-order valence-corrected chi connectivity index (χ0v) is 10.2. The van der Waals surface area contributed by atoms with Gasteiger partial charge in [0.2, 0.25) is 0 Å². The van der Waals surface area contributed by atoms with E-state index in [0.29, 0.717) is 6.04 Å². The lowest BCUT2D eigenvalue weighted by Crippen LogP contribution is -2.43. The van der Waals surface area contributed by atoms with Crippen molar-refractivity contribution in [3.05, 3.63) is 23.9 Å². The third-order valence-electron chi connectivity index (χ3n) is 3.97. The van der Waals surface area contributed by atoms with Crippen LogP contribution in [0.5, 0.6) is 0 Å². The fourth-order valence-electron chi connectivity index (χ4n) is 3.07. The molecule has 0 spiro atoms. The molecule has 0 aliphatic carbocycles. The Hall–Kier alpha value is -1.23. The largest absolute Gasteiger partial charge is 0.365 e. The monoisotopic (exact) mass is 253 g/mol. The van der Waals surface area contributed by atoms with Crippen LogP contribution in [-0.2, 0) is 0 Å². The Morgan fingerprint density at radius 1 is 1.28 bits per heavy atom. The highest BCUT2D eigenvalue weighted by atomic mass is 19.1. The quantitative estimate of drug-likeness (QED) is 0.877. The van der Waals surface area contributed by atoms with E-state index in [9.17, 15) is 8.78 Å². The second kappa shape index (κ2) is 4.80. The van der Waals surface area contributed by atoms with Gasteiger partial charge in [-0.2, -0.15) is 0 Å². The molecule has 2 unspecified atom stereocenters. The lowest BCUT2D eigenvalue weighted by atomic mass is 9.97. The Bertz CT molecular complexity index is 438. The summed E-state index contributed by atoms with van der Waals surface area (Å²) < 4.78 is 26.3. The summed E-state index contributed by atoms with van der Waals surface area (Å²) in [6.07, 6.45) is 5.57. The first kappa shape index (κ1) is 11.8. The number of aromatic nitrogens is 1. The molecule has 2 aliphatic rings. The van der Waals surface area contributed by atoms with Gasteiger partial charge in [-0.15, -0.1) is 0 Å². The molecule has 5 heteroatoms. The summed E-state index contributed by atoms with van der Waals surface area (Å²) in [5, 5.41) is 3.11. The Balaban J connectivity index is 1.66. The van der Waals surface area contributed by atoms with Crippen LogP contribution >= 0.6 is 0 Å². The molecule has 1 aromatic heterocycles. The van der Waals surface area contributed by atoms with E-state index >= 15 is 0 Å². The number of nitrogens with zero attached hydrogens (tertiary/aromatic N) is 2. The molecule has 2 aliphatic heterocycles. The van der Waals surface area contributed by atoms with Gasteiger partial charge in [0.05, 0.1) is 6.20 Å². The minimum absolute atomic E-state index is 0.174. The van der Waals surface area contributed by atoms with Crippen molar-refractivity contribution in [2.45, 2.75) is 37.8 Å². The molecule has 18 heavy (non-hydrogen) atoms. The van der Waals surface area contributed by atoms with Crippen LogP contribution in [0, 0.1) is 11.6 Å². The number of rotatable bonds is 2. The highest BCUT2D eigenvalue weighted by Crippen LogP contribution is 2.28. The molecule has 3 rings (SSSR count). The van der Waals surface area contributed by atoms with E-state index in [1.807, 2.05) is 0 Å². The van der Waals surface area contributed by atoms with Gasteiger partial charge in [-0.1, -0.05) is 0 Å². The number of hydrogen-bond donors (Lipinski definition) is 1. The van der Waals surface area contributed by atoms with Gasteiger partial charge in [0.15, 0.2) is 11.6 Å². The number of anilines is 1. The molecule has 2 saturated heterocycles. The molecule has 1 N–H and O–H groups in total. The van der Waals surface area contributed by atoms with Crippen LogP contribution in [0.1, 0.15) is 25.7 Å². The van der Waals surface area contributed by atoms with Gasteiger partial charge in [-0.3, -0.25) is 0 Å². The van der Waals surface area contributed by atoms with Crippen molar-refractivity contribution in [2.75, 3.05) is 18.4 Å². The van der Waals surface area contributed by atoms with E-state index in [-0.39, 0.29) is 11.9 Å². The fraction of sp³-hybridized carbons (Fsp3) is 0.615. The third kappa shape index (κ3) is 2.32. The number of nitrogens with one attached hydrogen (secondary N) is 1. The molecule has 3 heterocycles. The zero-order chi connectivity index (χ0) is 12.5. The maximum atomic E-state index is 13.5. The van der Waals surface area contributed by atoms with Crippen LogP contribution < -0.4 is 5.32 Å². The van der Waals surface area contributed by atoms with Gasteiger partial charge in [-0.25, -0.2) is 13.8 Å². The summed E-state index contributed by atoms with van der Waals surface area (Å²) in [6.45, 7) is 2.26. The first-order valence-corrected chi connectivity index (χ1v) is 6.54. The number of fused-ring (bicyclic) bond motifs is 1. The summed E-state index contributed by atoms with van der Waals surface area (Å²) in [7, 11) is 0.